The summed E-state index contributed by atoms with van der Waals surface area (Å²) in [5.41, 5.74) is 3.70. The molecule has 3 heterocycles. The molecule has 0 saturated heterocycles. The van der Waals surface area contributed by atoms with Crippen LogP contribution in [0.4, 0.5) is 0 Å². The Hall–Kier alpha value is -2.54. The van der Waals surface area contributed by atoms with Crippen LogP contribution in [0.25, 0.3) is 21.7 Å². The fourth-order valence-corrected chi connectivity index (χ4v) is 2.45. The Bertz CT molecular complexity index is 737. The molecule has 100 valence electrons. The van der Waals surface area contributed by atoms with Crippen molar-refractivity contribution in [3.63, 3.8) is 0 Å². The van der Waals surface area contributed by atoms with E-state index >= 15 is 0 Å². The Balaban J connectivity index is 2.17. The monoisotopic (exact) mass is 287 g/mol. The fraction of sp³-hybridized carbons (Fsp3) is 0.0769. The molecule has 0 fully saturated rings. The van der Waals surface area contributed by atoms with Gasteiger partial charge in [-0.2, -0.15) is 0 Å². The summed E-state index contributed by atoms with van der Waals surface area (Å²) in [6.45, 7) is 0. The Morgan fingerprint density at radius 3 is 2.95 bits per heavy atom. The fourth-order valence-electron chi connectivity index (χ4n) is 1.82. The zero-order valence-electron chi connectivity index (χ0n) is 10.4. The molecule has 0 bridgehead atoms. The van der Waals surface area contributed by atoms with Crippen LogP contribution in [0.1, 0.15) is 10.6 Å². The standard InChI is InChI=1S/C13H9N3O3S/c1-18-13(17)12-8(2-3-19-12)11-9(4-14-6-16-11)10-5-15-7-20-10/h2-7H,1H3. The molecule has 0 spiro atoms. The summed E-state index contributed by atoms with van der Waals surface area (Å²) in [5.74, 6) is -0.421. The number of esters is 1. The molecule has 7 heteroatoms. The van der Waals surface area contributed by atoms with Crippen molar-refractivity contribution in [3.8, 4) is 21.7 Å². The third kappa shape index (κ3) is 2.08. The van der Waals surface area contributed by atoms with Gasteiger partial charge in [0.25, 0.3) is 0 Å². The zero-order valence-corrected chi connectivity index (χ0v) is 11.3. The number of carbonyl (C=O) groups is 1. The van der Waals surface area contributed by atoms with Crippen molar-refractivity contribution in [2.45, 2.75) is 0 Å². The minimum Gasteiger partial charge on any atom is -0.463 e. The lowest BCUT2D eigenvalue weighted by molar-refractivity contribution is 0.0566. The van der Waals surface area contributed by atoms with Gasteiger partial charge in [0.15, 0.2) is 0 Å². The average molecular weight is 287 g/mol. The first-order chi connectivity index (χ1) is 9.81. The lowest BCUT2D eigenvalue weighted by atomic mass is 10.1. The molecule has 3 aromatic rings. The van der Waals surface area contributed by atoms with Gasteiger partial charge in [-0.05, 0) is 6.07 Å². The highest BCUT2D eigenvalue weighted by Gasteiger charge is 2.21. The van der Waals surface area contributed by atoms with E-state index in [4.69, 9.17) is 9.15 Å². The van der Waals surface area contributed by atoms with E-state index in [9.17, 15) is 4.79 Å². The number of thiazole rings is 1. The molecule has 20 heavy (non-hydrogen) atoms. The highest BCUT2D eigenvalue weighted by atomic mass is 32.1. The predicted molar refractivity (Wildman–Crippen MR) is 72.2 cm³/mol. The van der Waals surface area contributed by atoms with Crippen LogP contribution < -0.4 is 0 Å². The van der Waals surface area contributed by atoms with E-state index < -0.39 is 5.97 Å². The van der Waals surface area contributed by atoms with Gasteiger partial charge in [0.05, 0.1) is 35.0 Å². The van der Waals surface area contributed by atoms with E-state index in [0.29, 0.717) is 11.3 Å². The van der Waals surface area contributed by atoms with Gasteiger partial charge in [0.1, 0.15) is 6.33 Å². The van der Waals surface area contributed by atoms with E-state index in [1.807, 2.05) is 0 Å². The smallest absolute Gasteiger partial charge is 0.374 e. The van der Waals surface area contributed by atoms with Gasteiger partial charge in [0.2, 0.25) is 5.76 Å². The number of methoxy groups -OCH3 is 1. The summed E-state index contributed by atoms with van der Waals surface area (Å²) in [7, 11) is 1.30. The van der Waals surface area contributed by atoms with E-state index in [2.05, 4.69) is 15.0 Å². The predicted octanol–water partition coefficient (Wildman–Crippen LogP) is 2.65. The molecule has 0 aliphatic carbocycles. The first kappa shape index (κ1) is 12.5. The Morgan fingerprint density at radius 1 is 1.30 bits per heavy atom. The molecule has 0 aliphatic rings. The van der Waals surface area contributed by atoms with Crippen LogP contribution >= 0.6 is 11.3 Å². The molecule has 6 nitrogen and oxygen atoms in total. The number of aromatic nitrogens is 3. The summed E-state index contributed by atoms with van der Waals surface area (Å²) < 4.78 is 9.90. The van der Waals surface area contributed by atoms with Gasteiger partial charge in [-0.3, -0.25) is 4.98 Å². The molecule has 0 amide bonds. The van der Waals surface area contributed by atoms with Gasteiger partial charge >= 0.3 is 5.97 Å². The molecule has 0 N–H and O–H groups in total. The molecular formula is C13H9N3O3S. The van der Waals surface area contributed by atoms with Gasteiger partial charge in [-0.25, -0.2) is 14.8 Å². The van der Waals surface area contributed by atoms with Crippen LogP contribution in [0.5, 0.6) is 0 Å². The van der Waals surface area contributed by atoms with Crippen LogP contribution in [-0.4, -0.2) is 28.0 Å². The Kier molecular flexibility index (Phi) is 3.26. The first-order valence-electron chi connectivity index (χ1n) is 5.66. The lowest BCUT2D eigenvalue weighted by Crippen LogP contribution is -2.02. The number of furan rings is 1. The maximum absolute atomic E-state index is 11.7. The normalized spacial score (nSPS) is 10.4. The van der Waals surface area contributed by atoms with Crippen molar-refractivity contribution in [2.24, 2.45) is 0 Å². The summed E-state index contributed by atoms with van der Waals surface area (Å²) in [6.07, 6.45) is 6.27. The molecule has 3 aromatic heterocycles. The zero-order chi connectivity index (χ0) is 13.9. The van der Waals surface area contributed by atoms with Crippen molar-refractivity contribution in [1.82, 2.24) is 15.0 Å². The minimum atomic E-state index is -0.543. The summed E-state index contributed by atoms with van der Waals surface area (Å²) in [5, 5.41) is 0. The molecule has 0 atom stereocenters. The summed E-state index contributed by atoms with van der Waals surface area (Å²) in [4.78, 5) is 24.9. The van der Waals surface area contributed by atoms with Crippen molar-refractivity contribution in [1.29, 1.82) is 0 Å². The van der Waals surface area contributed by atoms with Crippen LogP contribution in [0.15, 0.2) is 41.0 Å². The lowest BCUT2D eigenvalue weighted by Gasteiger charge is -2.05. The largest absolute Gasteiger partial charge is 0.463 e. The molecule has 0 radical (unpaired) electrons. The number of carbonyl (C=O) groups excluding carboxylic acids is 1. The third-order valence-corrected chi connectivity index (χ3v) is 3.51. The molecule has 0 unspecified atom stereocenters. The molecule has 0 aliphatic heterocycles. The van der Waals surface area contributed by atoms with Crippen molar-refractivity contribution in [2.75, 3.05) is 7.11 Å². The molecule has 3 rings (SSSR count). The third-order valence-electron chi connectivity index (χ3n) is 2.70. The average Bonchev–Trinajstić information content (AvgIpc) is 3.17. The van der Waals surface area contributed by atoms with Crippen molar-refractivity contribution in [3.05, 3.63) is 42.3 Å². The highest BCUT2D eigenvalue weighted by molar-refractivity contribution is 7.13. The van der Waals surface area contributed by atoms with Gasteiger partial charge < -0.3 is 9.15 Å². The number of ether oxygens (including phenoxy) is 1. The first-order valence-corrected chi connectivity index (χ1v) is 6.54. The number of hydrogen-bond acceptors (Lipinski definition) is 7. The van der Waals surface area contributed by atoms with Gasteiger partial charge in [-0.1, -0.05) is 0 Å². The maximum atomic E-state index is 11.7. The van der Waals surface area contributed by atoms with E-state index in [1.54, 1.807) is 24.0 Å². The second kappa shape index (κ2) is 5.22. The van der Waals surface area contributed by atoms with Gasteiger partial charge in [0, 0.05) is 18.0 Å². The SMILES string of the molecule is COC(=O)c1occc1-c1ncncc1-c1cncs1. The van der Waals surface area contributed by atoms with Crippen LogP contribution in [-0.2, 0) is 4.74 Å². The number of hydrogen-bond donors (Lipinski definition) is 0. The second-order valence-corrected chi connectivity index (χ2v) is 4.69. The van der Waals surface area contributed by atoms with Crippen LogP contribution in [0, 0.1) is 0 Å². The maximum Gasteiger partial charge on any atom is 0.374 e. The van der Waals surface area contributed by atoms with E-state index in [1.165, 1.54) is 31.0 Å². The highest BCUT2D eigenvalue weighted by Crippen LogP contribution is 2.34. The molecular weight excluding hydrogens is 278 g/mol. The summed E-state index contributed by atoms with van der Waals surface area (Å²) >= 11 is 1.47. The molecule has 0 saturated carbocycles. The number of nitrogens with zero attached hydrogens (tertiary/aromatic N) is 3. The van der Waals surface area contributed by atoms with E-state index in [0.717, 1.165) is 10.4 Å². The Labute approximate surface area is 118 Å². The molecule has 0 aromatic carbocycles. The van der Waals surface area contributed by atoms with E-state index in [-0.39, 0.29) is 5.76 Å². The summed E-state index contributed by atoms with van der Waals surface area (Å²) in [6, 6.07) is 1.68. The minimum absolute atomic E-state index is 0.122. The number of rotatable bonds is 3. The second-order valence-electron chi connectivity index (χ2n) is 3.81. The van der Waals surface area contributed by atoms with Crippen LogP contribution in [0.3, 0.4) is 0 Å². The van der Waals surface area contributed by atoms with Crippen molar-refractivity contribution >= 4 is 17.3 Å². The van der Waals surface area contributed by atoms with Crippen molar-refractivity contribution < 1.29 is 13.9 Å². The topological polar surface area (TPSA) is 78.1 Å². The quantitative estimate of drug-likeness (QED) is 0.689. The Morgan fingerprint density at radius 2 is 2.20 bits per heavy atom. The van der Waals surface area contributed by atoms with Gasteiger partial charge in [-0.15, -0.1) is 11.3 Å². The van der Waals surface area contributed by atoms with Crippen LogP contribution in [0.2, 0.25) is 0 Å².